The summed E-state index contributed by atoms with van der Waals surface area (Å²) in [5.41, 5.74) is 2.84. The molecule has 5 rings (SSSR count). The third-order valence-electron chi connectivity index (χ3n) is 5.56. The van der Waals surface area contributed by atoms with E-state index in [2.05, 4.69) is 21.9 Å². The molecule has 0 bridgehead atoms. The van der Waals surface area contributed by atoms with Gasteiger partial charge in [0.2, 0.25) is 0 Å². The summed E-state index contributed by atoms with van der Waals surface area (Å²) in [5.74, 6) is -0.475. The molecule has 0 spiro atoms. The highest BCUT2D eigenvalue weighted by Crippen LogP contribution is 2.36. The van der Waals surface area contributed by atoms with Crippen LogP contribution in [0.1, 0.15) is 4.88 Å². The Kier molecular flexibility index (Phi) is 4.85. The van der Waals surface area contributed by atoms with Crippen LogP contribution in [0, 0.1) is 0 Å². The van der Waals surface area contributed by atoms with Gasteiger partial charge in [-0.05, 0) is 35.7 Å². The van der Waals surface area contributed by atoms with Crippen LogP contribution in [-0.2, 0) is 9.59 Å². The Balaban J connectivity index is 1.47. The molecule has 2 amide bonds. The van der Waals surface area contributed by atoms with Crippen molar-refractivity contribution in [2.75, 3.05) is 36.0 Å². The van der Waals surface area contributed by atoms with Gasteiger partial charge in [-0.1, -0.05) is 42.5 Å². The average Bonchev–Trinajstić information content (AvgIpc) is 3.41. The van der Waals surface area contributed by atoms with E-state index in [0.717, 1.165) is 18.0 Å². The molecule has 2 aromatic carbocycles. The largest absolute Gasteiger partial charge is 0.368 e. The van der Waals surface area contributed by atoms with Crippen molar-refractivity contribution in [2.24, 2.45) is 0 Å². The van der Waals surface area contributed by atoms with Crippen LogP contribution in [0.15, 0.2) is 83.9 Å². The standard InChI is InChI=1S/C24H21N3O2S/c28-23-21(20-12-7-17-30-20)22(24(29)27(23)19-10-5-2-6-11-19)26-15-13-25(14-16-26)18-8-3-1-4-9-18/h1-12,17H,13-16H2. The van der Waals surface area contributed by atoms with Gasteiger partial charge in [0.1, 0.15) is 5.70 Å². The van der Waals surface area contributed by atoms with Crippen LogP contribution in [0.3, 0.4) is 0 Å². The Labute approximate surface area is 179 Å². The van der Waals surface area contributed by atoms with Gasteiger partial charge in [-0.3, -0.25) is 9.59 Å². The fourth-order valence-corrected chi connectivity index (χ4v) is 4.86. The summed E-state index contributed by atoms with van der Waals surface area (Å²) in [6, 6.07) is 23.3. The Hall–Kier alpha value is -3.38. The van der Waals surface area contributed by atoms with Gasteiger partial charge in [0.05, 0.1) is 11.3 Å². The molecular formula is C24H21N3O2S. The highest BCUT2D eigenvalue weighted by atomic mass is 32.1. The predicted molar refractivity (Wildman–Crippen MR) is 120 cm³/mol. The number of imide groups is 1. The second kappa shape index (κ2) is 7.80. The molecule has 3 aromatic rings. The van der Waals surface area contributed by atoms with E-state index < -0.39 is 0 Å². The van der Waals surface area contributed by atoms with Crippen molar-refractivity contribution in [3.8, 4) is 0 Å². The lowest BCUT2D eigenvalue weighted by atomic mass is 10.1. The number of amides is 2. The van der Waals surface area contributed by atoms with Gasteiger partial charge in [0, 0.05) is 36.7 Å². The molecule has 0 aliphatic carbocycles. The van der Waals surface area contributed by atoms with Gasteiger partial charge in [-0.25, -0.2) is 4.90 Å². The zero-order valence-electron chi connectivity index (χ0n) is 16.4. The number of para-hydroxylation sites is 2. The Morgan fingerprint density at radius 1 is 0.633 bits per heavy atom. The van der Waals surface area contributed by atoms with Gasteiger partial charge in [-0.15, -0.1) is 11.3 Å². The van der Waals surface area contributed by atoms with Crippen molar-refractivity contribution in [1.82, 2.24) is 4.90 Å². The Bertz CT molecular complexity index is 1090. The van der Waals surface area contributed by atoms with Crippen molar-refractivity contribution in [3.05, 3.63) is 88.8 Å². The summed E-state index contributed by atoms with van der Waals surface area (Å²) in [4.78, 5) is 33.4. The molecule has 6 heteroatoms. The van der Waals surface area contributed by atoms with Crippen LogP contribution >= 0.6 is 11.3 Å². The Morgan fingerprint density at radius 3 is 1.83 bits per heavy atom. The van der Waals surface area contributed by atoms with Gasteiger partial charge < -0.3 is 9.80 Å². The summed E-state index contributed by atoms with van der Waals surface area (Å²) >= 11 is 1.49. The van der Waals surface area contributed by atoms with Crippen molar-refractivity contribution in [1.29, 1.82) is 0 Å². The highest BCUT2D eigenvalue weighted by molar-refractivity contribution is 7.11. The molecule has 0 atom stereocenters. The van der Waals surface area contributed by atoms with Crippen LogP contribution in [-0.4, -0.2) is 42.9 Å². The van der Waals surface area contributed by atoms with E-state index in [0.29, 0.717) is 30.0 Å². The lowest BCUT2D eigenvalue weighted by Gasteiger charge is -2.37. The lowest BCUT2D eigenvalue weighted by molar-refractivity contribution is -0.120. The minimum atomic E-state index is -0.242. The summed E-state index contributed by atoms with van der Waals surface area (Å²) in [7, 11) is 0. The maximum atomic E-state index is 13.5. The van der Waals surface area contributed by atoms with Crippen LogP contribution in [0.25, 0.3) is 5.57 Å². The van der Waals surface area contributed by atoms with Crippen molar-refractivity contribution < 1.29 is 9.59 Å². The molecule has 1 saturated heterocycles. The third kappa shape index (κ3) is 3.19. The van der Waals surface area contributed by atoms with E-state index >= 15 is 0 Å². The van der Waals surface area contributed by atoms with Crippen molar-refractivity contribution in [3.63, 3.8) is 0 Å². The lowest BCUT2D eigenvalue weighted by Crippen LogP contribution is -2.47. The van der Waals surface area contributed by atoms with Crippen molar-refractivity contribution >= 4 is 40.1 Å². The molecule has 30 heavy (non-hydrogen) atoms. The van der Waals surface area contributed by atoms with Gasteiger partial charge in [0.25, 0.3) is 11.8 Å². The second-order valence-corrected chi connectivity index (χ2v) is 8.24. The van der Waals surface area contributed by atoms with E-state index in [9.17, 15) is 9.59 Å². The summed E-state index contributed by atoms with van der Waals surface area (Å²) < 4.78 is 0. The van der Waals surface area contributed by atoms with Crippen LogP contribution in [0.2, 0.25) is 0 Å². The summed E-state index contributed by atoms with van der Waals surface area (Å²) in [6.07, 6.45) is 0. The monoisotopic (exact) mass is 415 g/mol. The number of nitrogens with zero attached hydrogens (tertiary/aromatic N) is 3. The number of hydrogen-bond donors (Lipinski definition) is 0. The highest BCUT2D eigenvalue weighted by Gasteiger charge is 2.43. The predicted octanol–water partition coefficient (Wildman–Crippen LogP) is 3.85. The molecule has 0 N–H and O–H groups in total. The van der Waals surface area contributed by atoms with Crippen LogP contribution in [0.4, 0.5) is 11.4 Å². The van der Waals surface area contributed by atoms with Crippen LogP contribution < -0.4 is 9.80 Å². The molecule has 0 unspecified atom stereocenters. The second-order valence-electron chi connectivity index (χ2n) is 7.29. The minimum absolute atomic E-state index is 0.234. The molecule has 0 saturated carbocycles. The SMILES string of the molecule is O=C1C(c2cccs2)=C(N2CCN(c3ccccc3)CC2)C(=O)N1c1ccccc1. The zero-order chi connectivity index (χ0) is 20.5. The molecular weight excluding hydrogens is 394 g/mol. The van der Waals surface area contributed by atoms with E-state index in [1.54, 1.807) is 12.1 Å². The van der Waals surface area contributed by atoms with Gasteiger partial charge >= 0.3 is 0 Å². The average molecular weight is 416 g/mol. The van der Waals surface area contributed by atoms with Gasteiger partial charge in [-0.2, -0.15) is 0 Å². The molecule has 1 fully saturated rings. The summed E-state index contributed by atoms with van der Waals surface area (Å²) in [5, 5.41) is 1.94. The molecule has 0 radical (unpaired) electrons. The topological polar surface area (TPSA) is 43.9 Å². The first kappa shape index (κ1) is 18.6. The normalized spacial score (nSPS) is 17.3. The molecule has 2 aliphatic heterocycles. The number of piperazine rings is 1. The smallest absolute Gasteiger partial charge is 0.282 e. The van der Waals surface area contributed by atoms with Gasteiger partial charge in [0.15, 0.2) is 0 Å². The first-order chi connectivity index (χ1) is 14.7. The van der Waals surface area contributed by atoms with E-state index in [1.165, 1.54) is 21.9 Å². The van der Waals surface area contributed by atoms with Crippen molar-refractivity contribution in [2.45, 2.75) is 0 Å². The maximum Gasteiger partial charge on any atom is 0.282 e. The number of hydrogen-bond acceptors (Lipinski definition) is 5. The van der Waals surface area contributed by atoms with Crippen LogP contribution in [0.5, 0.6) is 0 Å². The van der Waals surface area contributed by atoms with E-state index in [-0.39, 0.29) is 11.8 Å². The molecule has 2 aliphatic rings. The van der Waals surface area contributed by atoms with E-state index in [1.807, 2.05) is 53.9 Å². The zero-order valence-corrected chi connectivity index (χ0v) is 17.2. The number of carbonyl (C=O) groups excluding carboxylic acids is 2. The Morgan fingerprint density at radius 2 is 1.23 bits per heavy atom. The number of thiophene rings is 1. The first-order valence-electron chi connectivity index (χ1n) is 10.0. The summed E-state index contributed by atoms with van der Waals surface area (Å²) in [6.45, 7) is 3.00. The fourth-order valence-electron chi connectivity index (χ4n) is 4.09. The third-order valence-corrected chi connectivity index (χ3v) is 6.45. The minimum Gasteiger partial charge on any atom is -0.368 e. The number of anilines is 2. The quantitative estimate of drug-likeness (QED) is 0.607. The molecule has 1 aromatic heterocycles. The maximum absolute atomic E-state index is 13.5. The fraction of sp³-hybridized carbons (Fsp3) is 0.167. The molecule has 5 nitrogen and oxygen atoms in total. The molecule has 150 valence electrons. The number of rotatable bonds is 4. The molecule has 3 heterocycles. The number of carbonyl (C=O) groups is 2. The first-order valence-corrected chi connectivity index (χ1v) is 10.9. The number of benzene rings is 2. The van der Waals surface area contributed by atoms with E-state index in [4.69, 9.17) is 0 Å².